The van der Waals surface area contributed by atoms with Crippen LogP contribution < -0.4 is 10.1 Å². The van der Waals surface area contributed by atoms with Gasteiger partial charge in [-0.25, -0.2) is 0 Å². The highest BCUT2D eigenvalue weighted by Crippen LogP contribution is 2.22. The van der Waals surface area contributed by atoms with Gasteiger partial charge in [-0.05, 0) is 87.3 Å². The Morgan fingerprint density at radius 1 is 1.00 bits per heavy atom. The SMILES string of the molecule is COc1ccc(-c2noc(CN3CCC(C(=O)NCc4cccc(CN5CCCC5)c4)CC3)n2)cc1. The second kappa shape index (κ2) is 11.7. The van der Waals surface area contributed by atoms with E-state index in [1.54, 1.807) is 7.11 Å². The molecule has 1 aromatic heterocycles. The first kappa shape index (κ1) is 24.5. The summed E-state index contributed by atoms with van der Waals surface area (Å²) in [5, 5.41) is 7.28. The first-order chi connectivity index (χ1) is 17.7. The van der Waals surface area contributed by atoms with Gasteiger partial charge in [0.15, 0.2) is 0 Å². The average molecular weight is 490 g/mol. The summed E-state index contributed by atoms with van der Waals surface area (Å²) in [6, 6.07) is 16.2. The van der Waals surface area contributed by atoms with E-state index in [0.717, 1.165) is 43.8 Å². The Bertz CT molecular complexity index is 1130. The molecular formula is C28H35N5O3. The van der Waals surface area contributed by atoms with E-state index < -0.39 is 0 Å². The van der Waals surface area contributed by atoms with Gasteiger partial charge in [-0.1, -0.05) is 29.4 Å². The summed E-state index contributed by atoms with van der Waals surface area (Å²) < 4.78 is 10.7. The van der Waals surface area contributed by atoms with Crippen LogP contribution in [0.25, 0.3) is 11.4 Å². The lowest BCUT2D eigenvalue weighted by molar-refractivity contribution is -0.126. The number of rotatable bonds is 9. The Kier molecular flexibility index (Phi) is 7.93. The second-order valence-electron chi connectivity index (χ2n) is 9.81. The zero-order valence-electron chi connectivity index (χ0n) is 21.0. The third kappa shape index (κ3) is 6.30. The Balaban J connectivity index is 1.06. The van der Waals surface area contributed by atoms with Crippen LogP contribution in [0.4, 0.5) is 0 Å². The molecule has 0 atom stereocenters. The van der Waals surface area contributed by atoms with Gasteiger partial charge < -0.3 is 14.6 Å². The molecule has 5 rings (SSSR count). The number of carbonyl (C=O) groups is 1. The van der Waals surface area contributed by atoms with Crippen LogP contribution in [0.2, 0.25) is 0 Å². The van der Waals surface area contributed by atoms with Crippen molar-refractivity contribution in [2.75, 3.05) is 33.3 Å². The van der Waals surface area contributed by atoms with Crippen LogP contribution in [0.15, 0.2) is 53.1 Å². The van der Waals surface area contributed by atoms with E-state index in [1.165, 1.54) is 37.1 Å². The molecule has 0 radical (unpaired) electrons. The number of hydrogen-bond donors (Lipinski definition) is 1. The van der Waals surface area contributed by atoms with E-state index in [0.29, 0.717) is 24.8 Å². The summed E-state index contributed by atoms with van der Waals surface area (Å²) in [6.45, 7) is 6.24. The number of likely N-dealkylation sites (tertiary alicyclic amines) is 2. The van der Waals surface area contributed by atoms with Crippen molar-refractivity contribution >= 4 is 5.91 Å². The van der Waals surface area contributed by atoms with E-state index in [-0.39, 0.29) is 11.8 Å². The molecule has 0 saturated carbocycles. The Labute approximate surface area is 212 Å². The Morgan fingerprint density at radius 2 is 1.72 bits per heavy atom. The standard InChI is InChI=1S/C28H35N5O3/c1-35-25-9-7-23(8-10-25)27-30-26(36-31-27)20-33-15-11-24(12-16-33)28(34)29-18-21-5-4-6-22(17-21)19-32-13-2-3-14-32/h4-10,17,24H,2-3,11-16,18-20H2,1H3,(H,29,34). The predicted molar refractivity (Wildman–Crippen MR) is 137 cm³/mol. The molecule has 2 saturated heterocycles. The summed E-state index contributed by atoms with van der Waals surface area (Å²) in [6.07, 6.45) is 4.27. The molecule has 36 heavy (non-hydrogen) atoms. The van der Waals surface area contributed by atoms with E-state index in [1.807, 2.05) is 24.3 Å². The van der Waals surface area contributed by atoms with Crippen molar-refractivity contribution in [2.24, 2.45) is 5.92 Å². The molecule has 2 aliphatic heterocycles. The van der Waals surface area contributed by atoms with Crippen LogP contribution in [0, 0.1) is 5.92 Å². The molecule has 0 spiro atoms. The first-order valence-electron chi connectivity index (χ1n) is 12.9. The van der Waals surface area contributed by atoms with Gasteiger partial charge in [0.25, 0.3) is 0 Å². The lowest BCUT2D eigenvalue weighted by Crippen LogP contribution is -2.40. The molecule has 190 valence electrons. The first-order valence-corrected chi connectivity index (χ1v) is 12.9. The maximum absolute atomic E-state index is 12.8. The van der Waals surface area contributed by atoms with Crippen LogP contribution in [-0.2, 0) is 24.4 Å². The number of nitrogens with one attached hydrogen (secondary N) is 1. The van der Waals surface area contributed by atoms with Gasteiger partial charge in [-0.3, -0.25) is 14.6 Å². The van der Waals surface area contributed by atoms with Crippen LogP contribution in [0.3, 0.4) is 0 Å². The fourth-order valence-electron chi connectivity index (χ4n) is 5.09. The second-order valence-corrected chi connectivity index (χ2v) is 9.81. The summed E-state index contributed by atoms with van der Waals surface area (Å²) in [7, 11) is 1.64. The molecule has 1 N–H and O–H groups in total. The van der Waals surface area contributed by atoms with Crippen LogP contribution in [0.1, 0.15) is 42.7 Å². The van der Waals surface area contributed by atoms with Gasteiger partial charge in [-0.15, -0.1) is 0 Å². The minimum absolute atomic E-state index is 0.0478. The van der Waals surface area contributed by atoms with Crippen molar-refractivity contribution in [3.63, 3.8) is 0 Å². The van der Waals surface area contributed by atoms with Crippen LogP contribution >= 0.6 is 0 Å². The monoisotopic (exact) mass is 489 g/mol. The quantitative estimate of drug-likeness (QED) is 0.489. The number of aromatic nitrogens is 2. The molecule has 2 aromatic carbocycles. The highest BCUT2D eigenvalue weighted by molar-refractivity contribution is 5.78. The van der Waals surface area contributed by atoms with Crippen molar-refractivity contribution in [2.45, 2.75) is 45.3 Å². The van der Waals surface area contributed by atoms with Gasteiger partial charge in [0.05, 0.1) is 13.7 Å². The fraction of sp³-hybridized carbons (Fsp3) is 0.464. The number of amides is 1. The highest BCUT2D eigenvalue weighted by Gasteiger charge is 2.26. The summed E-state index contributed by atoms with van der Waals surface area (Å²) in [5.74, 6) is 2.16. The summed E-state index contributed by atoms with van der Waals surface area (Å²) in [5.41, 5.74) is 3.39. The summed E-state index contributed by atoms with van der Waals surface area (Å²) in [4.78, 5) is 22.1. The number of hydrogen-bond acceptors (Lipinski definition) is 7. The van der Waals surface area contributed by atoms with Gasteiger partial charge in [0.2, 0.25) is 17.6 Å². The maximum atomic E-state index is 12.8. The number of benzene rings is 2. The fourth-order valence-corrected chi connectivity index (χ4v) is 5.09. The third-order valence-corrected chi connectivity index (χ3v) is 7.20. The lowest BCUT2D eigenvalue weighted by atomic mass is 9.96. The van der Waals surface area contributed by atoms with Crippen molar-refractivity contribution < 1.29 is 14.1 Å². The minimum atomic E-state index is 0.0478. The molecule has 3 aromatic rings. The zero-order valence-corrected chi connectivity index (χ0v) is 21.0. The highest BCUT2D eigenvalue weighted by atomic mass is 16.5. The number of nitrogens with zero attached hydrogens (tertiary/aromatic N) is 4. The van der Waals surface area contributed by atoms with Crippen LogP contribution in [-0.4, -0.2) is 59.1 Å². The molecule has 8 nitrogen and oxygen atoms in total. The predicted octanol–water partition coefficient (Wildman–Crippen LogP) is 3.87. The summed E-state index contributed by atoms with van der Waals surface area (Å²) >= 11 is 0. The molecule has 2 fully saturated rings. The van der Waals surface area contributed by atoms with Gasteiger partial charge in [-0.2, -0.15) is 4.98 Å². The largest absolute Gasteiger partial charge is 0.497 e. The zero-order chi connectivity index (χ0) is 24.7. The van der Waals surface area contributed by atoms with E-state index in [4.69, 9.17) is 9.26 Å². The molecule has 8 heteroatoms. The molecule has 2 aliphatic rings. The van der Waals surface area contributed by atoms with Crippen molar-refractivity contribution in [3.8, 4) is 17.1 Å². The van der Waals surface area contributed by atoms with Gasteiger partial charge >= 0.3 is 0 Å². The molecule has 0 aliphatic carbocycles. The Hall–Kier alpha value is -3.23. The molecule has 0 bridgehead atoms. The number of carbonyl (C=O) groups excluding carboxylic acids is 1. The van der Waals surface area contributed by atoms with E-state index >= 15 is 0 Å². The van der Waals surface area contributed by atoms with Gasteiger partial charge in [0.1, 0.15) is 5.75 Å². The van der Waals surface area contributed by atoms with Crippen molar-refractivity contribution in [3.05, 3.63) is 65.5 Å². The molecule has 3 heterocycles. The lowest BCUT2D eigenvalue weighted by Gasteiger charge is -2.30. The van der Waals surface area contributed by atoms with Gasteiger partial charge in [0, 0.05) is 24.6 Å². The molecule has 1 amide bonds. The van der Waals surface area contributed by atoms with Crippen LogP contribution in [0.5, 0.6) is 5.75 Å². The molecule has 0 unspecified atom stereocenters. The number of piperidine rings is 1. The Morgan fingerprint density at radius 3 is 2.47 bits per heavy atom. The minimum Gasteiger partial charge on any atom is -0.497 e. The maximum Gasteiger partial charge on any atom is 0.241 e. The molecular weight excluding hydrogens is 454 g/mol. The van der Waals surface area contributed by atoms with Crippen molar-refractivity contribution in [1.82, 2.24) is 25.3 Å². The normalized spacial score (nSPS) is 17.4. The number of ether oxygens (including phenoxy) is 1. The van der Waals surface area contributed by atoms with E-state index in [2.05, 4.69) is 49.5 Å². The topological polar surface area (TPSA) is 83.7 Å². The smallest absolute Gasteiger partial charge is 0.241 e. The number of methoxy groups -OCH3 is 1. The van der Waals surface area contributed by atoms with E-state index in [9.17, 15) is 4.79 Å². The average Bonchev–Trinajstić information content (AvgIpc) is 3.60. The third-order valence-electron chi connectivity index (χ3n) is 7.20. The van der Waals surface area contributed by atoms with Crippen molar-refractivity contribution in [1.29, 1.82) is 0 Å².